The molecule has 1 N–H and O–H groups in total. The van der Waals surface area contributed by atoms with Gasteiger partial charge in [0.25, 0.3) is 0 Å². The fourth-order valence-electron chi connectivity index (χ4n) is 1.98. The molecule has 0 radical (unpaired) electrons. The highest BCUT2D eigenvalue weighted by Crippen LogP contribution is 3.02. The van der Waals surface area contributed by atoms with Crippen molar-refractivity contribution in [3.05, 3.63) is 72.6 Å². The van der Waals surface area contributed by atoms with E-state index in [1.54, 1.807) is 17.1 Å². The lowest BCUT2D eigenvalue weighted by Gasteiger charge is -2.40. The van der Waals surface area contributed by atoms with Crippen molar-refractivity contribution in [3.63, 3.8) is 0 Å². The number of carbonyl (C=O) groups excluding carboxylic acids is 1. The molecule has 27 heavy (non-hydrogen) atoms. The molecule has 0 unspecified atom stereocenters. The Bertz CT molecular complexity index is 910. The molecule has 0 spiro atoms. The van der Waals surface area contributed by atoms with Crippen LogP contribution in [0.3, 0.4) is 0 Å². The van der Waals surface area contributed by atoms with E-state index in [1.165, 1.54) is 6.92 Å². The first-order valence-corrected chi connectivity index (χ1v) is 9.45. The van der Waals surface area contributed by atoms with Gasteiger partial charge in [-0.25, -0.2) is 4.68 Å². The van der Waals surface area contributed by atoms with Crippen LogP contribution < -0.4 is 5.32 Å². The molecule has 0 saturated carbocycles. The smallest absolute Gasteiger partial charge is 0.310 e. The fraction of sp³-hybridized carbons (Fsp3) is 0.0588. The first kappa shape index (κ1) is 20.4. The minimum atomic E-state index is -9.45. The number of aromatic nitrogens is 2. The first-order valence-electron chi connectivity index (χ1n) is 7.50. The fourth-order valence-corrected chi connectivity index (χ4v) is 2.63. The van der Waals surface area contributed by atoms with E-state index >= 15 is 0 Å². The molecule has 3 aromatic rings. The highest BCUT2D eigenvalue weighted by molar-refractivity contribution is 8.45. The third kappa shape index (κ3) is 6.10. The van der Waals surface area contributed by atoms with E-state index in [-0.39, 0.29) is 0 Å². The predicted octanol–water partition coefficient (Wildman–Crippen LogP) is 6.09. The van der Waals surface area contributed by atoms with Gasteiger partial charge >= 0.3 is 10.2 Å². The SMILES string of the molecule is Cc1ccc(S(F)(F)(F)(F)F)cc1.O=CNc1cnn(-c2ccccc2)c1. The van der Waals surface area contributed by atoms with Crippen LogP contribution in [0.5, 0.6) is 0 Å². The Morgan fingerprint density at radius 3 is 2.07 bits per heavy atom. The Kier molecular flexibility index (Phi) is 5.06. The Labute approximate surface area is 152 Å². The van der Waals surface area contributed by atoms with E-state index in [0.29, 0.717) is 29.8 Å². The highest BCUT2D eigenvalue weighted by atomic mass is 32.5. The van der Waals surface area contributed by atoms with Gasteiger partial charge in [-0.1, -0.05) is 55.3 Å². The molecule has 0 fully saturated rings. The van der Waals surface area contributed by atoms with Crippen LogP contribution in [0.1, 0.15) is 5.56 Å². The van der Waals surface area contributed by atoms with Gasteiger partial charge in [0.05, 0.1) is 23.8 Å². The summed E-state index contributed by atoms with van der Waals surface area (Å²) in [5, 5.41) is 6.63. The standard InChI is InChI=1S/C10H9N3O.C7H7F5S/c14-8-11-9-6-12-13(7-9)10-4-2-1-3-5-10;1-6-2-4-7(5-3-6)13(8,9,10,11)12/h1-8H,(H,11,14);2-5H,1H3. The summed E-state index contributed by atoms with van der Waals surface area (Å²) >= 11 is 0. The molecule has 4 nitrogen and oxygen atoms in total. The van der Waals surface area contributed by atoms with Crippen LogP contribution in [0.25, 0.3) is 5.69 Å². The van der Waals surface area contributed by atoms with Crippen LogP contribution in [-0.2, 0) is 4.79 Å². The molecule has 1 amide bonds. The number of hydrogen-bond donors (Lipinski definition) is 1. The van der Waals surface area contributed by atoms with E-state index in [0.717, 1.165) is 17.8 Å². The van der Waals surface area contributed by atoms with Gasteiger partial charge in [0.15, 0.2) is 0 Å². The number of nitrogens with zero attached hydrogens (tertiary/aromatic N) is 2. The molecule has 1 aromatic heterocycles. The van der Waals surface area contributed by atoms with Crippen LogP contribution >= 0.6 is 10.2 Å². The molecular weight excluding hydrogens is 389 g/mol. The molecule has 2 aromatic carbocycles. The molecule has 0 bridgehead atoms. The van der Waals surface area contributed by atoms with Crippen LogP contribution in [-0.4, -0.2) is 16.2 Å². The molecule has 0 aliphatic carbocycles. The second kappa shape index (κ2) is 6.69. The molecule has 3 rings (SSSR count). The first-order chi connectivity index (χ1) is 12.4. The maximum Gasteiger partial charge on any atom is 0.310 e. The summed E-state index contributed by atoms with van der Waals surface area (Å²) in [5.74, 6) is 0. The van der Waals surface area contributed by atoms with Crippen molar-refractivity contribution in [1.29, 1.82) is 0 Å². The van der Waals surface area contributed by atoms with Crippen LogP contribution in [0, 0.1) is 6.92 Å². The highest BCUT2D eigenvalue weighted by Gasteiger charge is 2.65. The third-order valence-corrected chi connectivity index (χ3v) is 4.46. The summed E-state index contributed by atoms with van der Waals surface area (Å²) in [6.45, 7) is 1.52. The summed E-state index contributed by atoms with van der Waals surface area (Å²) in [7, 11) is -9.45. The van der Waals surface area contributed by atoms with Gasteiger partial charge in [0, 0.05) is 0 Å². The van der Waals surface area contributed by atoms with E-state index < -0.39 is 15.1 Å². The number of rotatable bonds is 4. The average molecular weight is 405 g/mol. The van der Waals surface area contributed by atoms with Gasteiger partial charge in [0.1, 0.15) is 4.90 Å². The van der Waals surface area contributed by atoms with Crippen LogP contribution in [0.15, 0.2) is 71.9 Å². The topological polar surface area (TPSA) is 46.9 Å². The van der Waals surface area contributed by atoms with E-state index in [2.05, 4.69) is 10.4 Å². The van der Waals surface area contributed by atoms with E-state index in [4.69, 9.17) is 0 Å². The second-order valence-electron chi connectivity index (χ2n) is 5.55. The summed E-state index contributed by atoms with van der Waals surface area (Å²) in [6.07, 6.45) is 3.98. The molecule has 0 atom stereocenters. The summed E-state index contributed by atoms with van der Waals surface area (Å²) in [5.41, 5.74) is 2.15. The second-order valence-corrected chi connectivity index (χ2v) is 7.96. The summed E-state index contributed by atoms with van der Waals surface area (Å²) in [6, 6.07) is 12.5. The van der Waals surface area contributed by atoms with Gasteiger partial charge in [-0.2, -0.15) is 5.10 Å². The summed E-state index contributed by atoms with van der Waals surface area (Å²) in [4.78, 5) is 8.33. The molecule has 1 heterocycles. The maximum absolute atomic E-state index is 12.1. The van der Waals surface area contributed by atoms with Gasteiger partial charge in [-0.15, -0.1) is 0 Å². The number of anilines is 1. The van der Waals surface area contributed by atoms with Crippen molar-refractivity contribution in [2.24, 2.45) is 0 Å². The van der Waals surface area contributed by atoms with Crippen molar-refractivity contribution in [2.45, 2.75) is 11.8 Å². The lowest BCUT2D eigenvalue weighted by Crippen LogP contribution is -2.05. The van der Waals surface area contributed by atoms with Crippen molar-refractivity contribution >= 4 is 22.3 Å². The number of carbonyl (C=O) groups is 1. The van der Waals surface area contributed by atoms with Crippen LogP contribution in [0.2, 0.25) is 0 Å². The molecule has 146 valence electrons. The van der Waals surface area contributed by atoms with Gasteiger partial charge in [-0.05, 0) is 31.2 Å². The zero-order valence-electron chi connectivity index (χ0n) is 14.0. The molecule has 0 aliphatic heterocycles. The third-order valence-electron chi connectivity index (χ3n) is 3.30. The van der Waals surface area contributed by atoms with Crippen molar-refractivity contribution in [3.8, 4) is 5.69 Å². The number of amides is 1. The number of aryl methyl sites for hydroxylation is 1. The van der Waals surface area contributed by atoms with Crippen molar-refractivity contribution in [1.82, 2.24) is 9.78 Å². The van der Waals surface area contributed by atoms with Crippen molar-refractivity contribution in [2.75, 3.05) is 5.32 Å². The van der Waals surface area contributed by atoms with E-state index in [9.17, 15) is 24.2 Å². The zero-order chi connectivity index (χ0) is 20.2. The minimum Gasteiger partial charge on any atom is -0.326 e. The average Bonchev–Trinajstić information content (AvgIpc) is 3.04. The maximum atomic E-state index is 12.1. The Morgan fingerprint density at radius 1 is 0.963 bits per heavy atom. The minimum absolute atomic E-state index is 0.400. The molecule has 0 saturated heterocycles. The Balaban J connectivity index is 0.000000194. The number of benzene rings is 2. The monoisotopic (exact) mass is 405 g/mol. The largest absolute Gasteiger partial charge is 0.326 e. The Morgan fingerprint density at radius 2 is 1.56 bits per heavy atom. The number of nitrogens with one attached hydrogen (secondary N) is 1. The molecule has 10 heteroatoms. The van der Waals surface area contributed by atoms with Crippen molar-refractivity contribution < 1.29 is 24.2 Å². The van der Waals surface area contributed by atoms with E-state index in [1.807, 2.05) is 30.3 Å². The van der Waals surface area contributed by atoms with Crippen LogP contribution in [0.4, 0.5) is 25.1 Å². The van der Waals surface area contributed by atoms with Gasteiger partial charge < -0.3 is 5.32 Å². The Hall–Kier alpha value is -2.88. The normalized spacial score (nSPS) is 13.6. The predicted molar refractivity (Wildman–Crippen MR) is 95.8 cm³/mol. The lowest BCUT2D eigenvalue weighted by atomic mass is 10.2. The number of hydrogen-bond acceptors (Lipinski definition) is 2. The molecule has 0 aliphatic rings. The zero-order valence-corrected chi connectivity index (χ0v) is 14.8. The summed E-state index contributed by atoms with van der Waals surface area (Å²) < 4.78 is 62.1. The number of halogens is 5. The van der Waals surface area contributed by atoms with Gasteiger partial charge in [-0.3, -0.25) is 4.79 Å². The molecular formula is C17H16F5N3OS. The van der Waals surface area contributed by atoms with Gasteiger partial charge in [0.2, 0.25) is 6.41 Å². The lowest BCUT2D eigenvalue weighted by molar-refractivity contribution is -0.105. The quantitative estimate of drug-likeness (QED) is 0.422. The number of para-hydroxylation sites is 1.